The number of primary amides is 1. The molecule has 0 fully saturated rings. The monoisotopic (exact) mass is 354 g/mol. The Labute approximate surface area is 149 Å². The highest BCUT2D eigenvalue weighted by Gasteiger charge is 2.29. The number of amides is 1. The molecule has 0 aromatic heterocycles. The number of carbonyl (C=O) groups is 1. The van der Waals surface area contributed by atoms with E-state index in [1.165, 1.54) is 19.2 Å². The average Bonchev–Trinajstić information content (AvgIpc) is 2.63. The van der Waals surface area contributed by atoms with Crippen molar-refractivity contribution >= 4 is 17.3 Å². The van der Waals surface area contributed by atoms with Crippen LogP contribution in [0.25, 0.3) is 11.1 Å². The van der Waals surface area contributed by atoms with Crippen LogP contribution in [0.3, 0.4) is 0 Å². The number of para-hydroxylation sites is 1. The molecule has 0 unspecified atom stereocenters. The average molecular weight is 354 g/mol. The summed E-state index contributed by atoms with van der Waals surface area (Å²) < 4.78 is 35.3. The van der Waals surface area contributed by atoms with Crippen LogP contribution < -0.4 is 15.8 Å². The number of anilines is 2. The molecule has 132 valence electrons. The van der Waals surface area contributed by atoms with Crippen molar-refractivity contribution in [3.8, 4) is 16.9 Å². The quantitative estimate of drug-likeness (QED) is 0.710. The van der Waals surface area contributed by atoms with Gasteiger partial charge in [0.2, 0.25) is 0 Å². The zero-order valence-corrected chi connectivity index (χ0v) is 13.9. The molecule has 0 radical (unpaired) electrons. The third kappa shape index (κ3) is 3.09. The molecule has 6 heteroatoms. The van der Waals surface area contributed by atoms with Crippen molar-refractivity contribution in [3.63, 3.8) is 0 Å². The molecule has 0 bridgehead atoms. The molecule has 0 spiro atoms. The van der Waals surface area contributed by atoms with Crippen molar-refractivity contribution in [3.05, 3.63) is 77.9 Å². The lowest BCUT2D eigenvalue weighted by atomic mass is 9.98. The normalized spacial score (nSPS) is 10.4. The Hall–Kier alpha value is -3.41. The van der Waals surface area contributed by atoms with Crippen molar-refractivity contribution in [1.82, 2.24) is 0 Å². The predicted molar refractivity (Wildman–Crippen MR) is 96.6 cm³/mol. The number of nitrogens with one attached hydrogen (secondary N) is 1. The molecule has 0 atom stereocenters. The predicted octanol–water partition coefficient (Wildman–Crippen LogP) is 4.48. The van der Waals surface area contributed by atoms with Gasteiger partial charge in [0.05, 0.1) is 12.7 Å². The fourth-order valence-electron chi connectivity index (χ4n) is 2.73. The maximum absolute atomic E-state index is 15.1. The summed E-state index contributed by atoms with van der Waals surface area (Å²) in [5.41, 5.74) is 5.21. The molecule has 1 amide bonds. The van der Waals surface area contributed by atoms with E-state index in [0.29, 0.717) is 5.69 Å². The Morgan fingerprint density at radius 3 is 2.08 bits per heavy atom. The van der Waals surface area contributed by atoms with Gasteiger partial charge in [-0.15, -0.1) is 0 Å². The third-order valence-electron chi connectivity index (χ3n) is 3.89. The van der Waals surface area contributed by atoms with E-state index in [1.54, 1.807) is 48.5 Å². The van der Waals surface area contributed by atoms with Gasteiger partial charge < -0.3 is 15.8 Å². The number of hydrogen-bond acceptors (Lipinski definition) is 3. The Kier molecular flexibility index (Phi) is 4.84. The van der Waals surface area contributed by atoms with Crippen LogP contribution in [0.15, 0.2) is 60.7 Å². The Bertz CT molecular complexity index is 945. The van der Waals surface area contributed by atoms with Crippen LogP contribution in [0.5, 0.6) is 5.75 Å². The van der Waals surface area contributed by atoms with Crippen molar-refractivity contribution < 1.29 is 18.3 Å². The van der Waals surface area contributed by atoms with Crippen molar-refractivity contribution in [1.29, 1.82) is 0 Å². The van der Waals surface area contributed by atoms with Gasteiger partial charge in [-0.3, -0.25) is 4.79 Å². The minimum atomic E-state index is -1.04. The van der Waals surface area contributed by atoms with Gasteiger partial charge >= 0.3 is 0 Å². The molecule has 3 rings (SSSR count). The molecular weight excluding hydrogens is 338 g/mol. The first kappa shape index (κ1) is 17.4. The highest BCUT2D eigenvalue weighted by atomic mass is 19.1. The smallest absolute Gasteiger partial charge is 0.253 e. The second-order valence-electron chi connectivity index (χ2n) is 5.51. The van der Waals surface area contributed by atoms with E-state index in [-0.39, 0.29) is 22.6 Å². The molecule has 26 heavy (non-hydrogen) atoms. The van der Waals surface area contributed by atoms with Crippen molar-refractivity contribution in [2.75, 3.05) is 12.4 Å². The summed E-state index contributed by atoms with van der Waals surface area (Å²) in [6.07, 6.45) is 0. The second-order valence-corrected chi connectivity index (χ2v) is 5.51. The molecule has 0 aliphatic heterocycles. The lowest BCUT2D eigenvalue weighted by Crippen LogP contribution is -2.18. The van der Waals surface area contributed by atoms with Crippen LogP contribution >= 0.6 is 0 Å². The van der Waals surface area contributed by atoms with Crippen molar-refractivity contribution in [2.24, 2.45) is 5.73 Å². The number of rotatable bonds is 5. The topological polar surface area (TPSA) is 64.3 Å². The summed E-state index contributed by atoms with van der Waals surface area (Å²) in [4.78, 5) is 12.0. The summed E-state index contributed by atoms with van der Waals surface area (Å²) in [5, 5.41) is 2.83. The van der Waals surface area contributed by atoms with E-state index < -0.39 is 23.1 Å². The lowest BCUT2D eigenvalue weighted by molar-refractivity contribution is 0.0997. The SMILES string of the molecule is COc1c(F)c(-c2ccccc2)c(F)c(C(N)=O)c1Nc1ccccc1. The van der Waals surface area contributed by atoms with Gasteiger partial charge in [-0.25, -0.2) is 8.78 Å². The molecule has 3 aromatic rings. The number of ether oxygens (including phenoxy) is 1. The number of halogens is 2. The van der Waals surface area contributed by atoms with Gasteiger partial charge in [0.1, 0.15) is 17.1 Å². The Morgan fingerprint density at radius 1 is 0.962 bits per heavy atom. The number of nitrogens with two attached hydrogens (primary N) is 1. The van der Waals surface area contributed by atoms with E-state index in [0.717, 1.165) is 0 Å². The van der Waals surface area contributed by atoms with E-state index >= 15 is 8.78 Å². The van der Waals surface area contributed by atoms with Crippen LogP contribution in [-0.2, 0) is 0 Å². The summed E-state index contributed by atoms with van der Waals surface area (Å²) >= 11 is 0. The zero-order chi connectivity index (χ0) is 18.7. The fourth-order valence-corrected chi connectivity index (χ4v) is 2.73. The zero-order valence-electron chi connectivity index (χ0n) is 13.9. The standard InChI is InChI=1S/C20H16F2N2O2/c1-26-19-17(22)14(12-8-4-2-5-9-12)16(21)15(20(23)25)18(19)24-13-10-6-3-7-11-13/h2-11,24H,1H3,(H2,23,25). The van der Waals surface area contributed by atoms with Crippen LogP contribution in [0, 0.1) is 11.6 Å². The molecule has 0 aliphatic rings. The number of hydrogen-bond donors (Lipinski definition) is 2. The van der Waals surface area contributed by atoms with Crippen LogP contribution in [0.4, 0.5) is 20.2 Å². The van der Waals surface area contributed by atoms with Crippen molar-refractivity contribution in [2.45, 2.75) is 0 Å². The van der Waals surface area contributed by atoms with Crippen LogP contribution in [-0.4, -0.2) is 13.0 Å². The summed E-state index contributed by atoms with van der Waals surface area (Å²) in [7, 11) is 1.24. The van der Waals surface area contributed by atoms with E-state index in [2.05, 4.69) is 5.32 Å². The number of benzene rings is 3. The highest BCUT2D eigenvalue weighted by Crippen LogP contribution is 2.42. The van der Waals surface area contributed by atoms with Gasteiger partial charge in [0, 0.05) is 5.69 Å². The van der Waals surface area contributed by atoms with Gasteiger partial charge in [-0.1, -0.05) is 48.5 Å². The van der Waals surface area contributed by atoms with E-state index in [4.69, 9.17) is 10.5 Å². The Balaban J connectivity index is 2.29. The third-order valence-corrected chi connectivity index (χ3v) is 3.89. The molecule has 4 nitrogen and oxygen atoms in total. The summed E-state index contributed by atoms with van der Waals surface area (Å²) in [5.74, 6) is -3.28. The first-order valence-corrected chi connectivity index (χ1v) is 7.80. The maximum atomic E-state index is 15.1. The molecule has 0 saturated carbocycles. The number of methoxy groups -OCH3 is 1. The molecule has 3 aromatic carbocycles. The van der Waals surface area contributed by atoms with Crippen LogP contribution in [0.1, 0.15) is 10.4 Å². The van der Waals surface area contributed by atoms with E-state index in [9.17, 15) is 4.79 Å². The second kappa shape index (κ2) is 7.23. The van der Waals surface area contributed by atoms with Gasteiger partial charge in [-0.05, 0) is 17.7 Å². The van der Waals surface area contributed by atoms with Gasteiger partial charge in [-0.2, -0.15) is 0 Å². The first-order valence-electron chi connectivity index (χ1n) is 7.80. The van der Waals surface area contributed by atoms with Gasteiger partial charge in [0.25, 0.3) is 5.91 Å². The number of carbonyl (C=O) groups excluding carboxylic acids is 1. The Morgan fingerprint density at radius 2 is 1.54 bits per heavy atom. The first-order chi connectivity index (χ1) is 12.5. The molecule has 0 heterocycles. The minimum absolute atomic E-state index is 0.152. The molecule has 3 N–H and O–H groups in total. The highest BCUT2D eigenvalue weighted by molar-refractivity contribution is 6.03. The van der Waals surface area contributed by atoms with Crippen LogP contribution in [0.2, 0.25) is 0 Å². The minimum Gasteiger partial charge on any atom is -0.492 e. The largest absolute Gasteiger partial charge is 0.492 e. The summed E-state index contributed by atoms with van der Waals surface area (Å²) in [6.45, 7) is 0. The van der Waals surface area contributed by atoms with Gasteiger partial charge in [0.15, 0.2) is 11.6 Å². The molecule has 0 saturated heterocycles. The molecular formula is C20H16F2N2O2. The van der Waals surface area contributed by atoms with E-state index in [1.807, 2.05) is 0 Å². The molecule has 0 aliphatic carbocycles. The summed E-state index contributed by atoms with van der Waals surface area (Å²) in [6, 6.07) is 16.7. The lowest BCUT2D eigenvalue weighted by Gasteiger charge is -2.19. The maximum Gasteiger partial charge on any atom is 0.253 e. The fraction of sp³-hybridized carbons (Fsp3) is 0.0500.